The standard InChI is InChI=1S/C10H10ClN3OS/c1-12-9(15)5-16-10-13-7-3-2-6(11)4-8(7)14-10/h2-4H,5H2,1H3,(H,12,15)(H,13,14). The van der Waals surface area contributed by atoms with Crippen molar-refractivity contribution >= 4 is 40.3 Å². The molecule has 2 aromatic rings. The molecule has 1 amide bonds. The SMILES string of the molecule is CNC(=O)CSc1nc2ccc(Cl)cc2[nH]1. The van der Waals surface area contributed by atoms with Gasteiger partial charge in [-0.2, -0.15) is 0 Å². The molecule has 2 rings (SSSR count). The fourth-order valence-corrected chi connectivity index (χ4v) is 2.16. The van der Waals surface area contributed by atoms with E-state index in [0.717, 1.165) is 16.2 Å². The van der Waals surface area contributed by atoms with Crippen molar-refractivity contribution in [3.63, 3.8) is 0 Å². The number of imidazole rings is 1. The van der Waals surface area contributed by atoms with Crippen LogP contribution in [-0.4, -0.2) is 28.7 Å². The van der Waals surface area contributed by atoms with E-state index in [4.69, 9.17) is 11.6 Å². The van der Waals surface area contributed by atoms with Crippen LogP contribution in [0.5, 0.6) is 0 Å². The van der Waals surface area contributed by atoms with E-state index >= 15 is 0 Å². The Kier molecular flexibility index (Phi) is 3.36. The Morgan fingerprint density at radius 1 is 1.62 bits per heavy atom. The molecule has 4 nitrogen and oxygen atoms in total. The van der Waals surface area contributed by atoms with Crippen LogP contribution in [0.3, 0.4) is 0 Å². The van der Waals surface area contributed by atoms with E-state index in [1.807, 2.05) is 12.1 Å². The van der Waals surface area contributed by atoms with E-state index in [-0.39, 0.29) is 5.91 Å². The average Bonchev–Trinajstić information content (AvgIpc) is 2.67. The second kappa shape index (κ2) is 4.76. The number of nitrogens with zero attached hydrogens (tertiary/aromatic N) is 1. The first kappa shape index (κ1) is 11.3. The van der Waals surface area contributed by atoms with Gasteiger partial charge < -0.3 is 10.3 Å². The predicted molar refractivity (Wildman–Crippen MR) is 65.9 cm³/mol. The lowest BCUT2D eigenvalue weighted by Crippen LogP contribution is -2.19. The fourth-order valence-electron chi connectivity index (χ4n) is 1.23. The molecule has 2 N–H and O–H groups in total. The van der Waals surface area contributed by atoms with Gasteiger partial charge in [-0.05, 0) is 18.2 Å². The molecule has 1 heterocycles. The Morgan fingerprint density at radius 3 is 3.19 bits per heavy atom. The third kappa shape index (κ3) is 2.48. The number of thioether (sulfide) groups is 1. The summed E-state index contributed by atoms with van der Waals surface area (Å²) in [5, 5.41) is 3.94. The van der Waals surface area contributed by atoms with Crippen LogP contribution in [0, 0.1) is 0 Å². The number of carbonyl (C=O) groups is 1. The summed E-state index contributed by atoms with van der Waals surface area (Å²) in [5.41, 5.74) is 1.73. The van der Waals surface area contributed by atoms with E-state index in [1.54, 1.807) is 13.1 Å². The highest BCUT2D eigenvalue weighted by Crippen LogP contribution is 2.21. The molecule has 0 aliphatic heterocycles. The lowest BCUT2D eigenvalue weighted by atomic mass is 10.3. The monoisotopic (exact) mass is 255 g/mol. The zero-order valence-corrected chi connectivity index (χ0v) is 10.2. The van der Waals surface area contributed by atoms with Crippen LogP contribution < -0.4 is 5.32 Å². The normalized spacial score (nSPS) is 10.6. The van der Waals surface area contributed by atoms with Crippen LogP contribution in [0.15, 0.2) is 23.4 Å². The number of rotatable bonds is 3. The number of aromatic nitrogens is 2. The van der Waals surface area contributed by atoms with Crippen LogP contribution in [0.25, 0.3) is 11.0 Å². The van der Waals surface area contributed by atoms with Gasteiger partial charge in [0, 0.05) is 12.1 Å². The molecule has 0 atom stereocenters. The van der Waals surface area contributed by atoms with E-state index in [1.165, 1.54) is 11.8 Å². The van der Waals surface area contributed by atoms with E-state index in [2.05, 4.69) is 15.3 Å². The first-order valence-corrected chi connectivity index (χ1v) is 6.04. The summed E-state index contributed by atoms with van der Waals surface area (Å²) in [6.07, 6.45) is 0. The van der Waals surface area contributed by atoms with Gasteiger partial charge in [0.1, 0.15) is 0 Å². The van der Waals surface area contributed by atoms with Crippen molar-refractivity contribution in [1.29, 1.82) is 0 Å². The van der Waals surface area contributed by atoms with Crippen molar-refractivity contribution in [3.05, 3.63) is 23.2 Å². The first-order valence-electron chi connectivity index (χ1n) is 4.67. The Hall–Kier alpha value is -1.20. The van der Waals surface area contributed by atoms with Crippen molar-refractivity contribution in [2.45, 2.75) is 5.16 Å². The second-order valence-electron chi connectivity index (χ2n) is 3.17. The summed E-state index contributed by atoms with van der Waals surface area (Å²) in [7, 11) is 1.61. The van der Waals surface area contributed by atoms with Gasteiger partial charge in [-0.25, -0.2) is 4.98 Å². The summed E-state index contributed by atoms with van der Waals surface area (Å²) in [4.78, 5) is 18.5. The van der Waals surface area contributed by atoms with Gasteiger partial charge in [0.05, 0.1) is 16.8 Å². The van der Waals surface area contributed by atoms with Crippen molar-refractivity contribution in [2.24, 2.45) is 0 Å². The second-order valence-corrected chi connectivity index (χ2v) is 4.57. The minimum Gasteiger partial charge on any atom is -0.358 e. The van der Waals surface area contributed by atoms with Gasteiger partial charge in [0.15, 0.2) is 5.16 Å². The summed E-state index contributed by atoms with van der Waals surface area (Å²) in [6.45, 7) is 0. The molecule has 0 unspecified atom stereocenters. The summed E-state index contributed by atoms with van der Waals surface area (Å²) in [5.74, 6) is 0.327. The number of carbonyl (C=O) groups excluding carboxylic acids is 1. The smallest absolute Gasteiger partial charge is 0.230 e. The number of nitrogens with one attached hydrogen (secondary N) is 2. The van der Waals surface area contributed by atoms with Crippen LogP contribution in [-0.2, 0) is 4.79 Å². The van der Waals surface area contributed by atoms with Crippen LogP contribution in [0.4, 0.5) is 0 Å². The van der Waals surface area contributed by atoms with Gasteiger partial charge in [-0.3, -0.25) is 4.79 Å². The third-order valence-electron chi connectivity index (χ3n) is 2.04. The molecule has 0 saturated carbocycles. The van der Waals surface area contributed by atoms with Gasteiger partial charge in [0.25, 0.3) is 0 Å². The molecule has 6 heteroatoms. The zero-order valence-electron chi connectivity index (χ0n) is 8.58. The maximum Gasteiger partial charge on any atom is 0.230 e. The Labute approximate surface area is 102 Å². The molecule has 0 aliphatic carbocycles. The minimum atomic E-state index is -0.0245. The molecular weight excluding hydrogens is 246 g/mol. The predicted octanol–water partition coefficient (Wildman–Crippen LogP) is 2.05. The van der Waals surface area contributed by atoms with Crippen molar-refractivity contribution in [3.8, 4) is 0 Å². The minimum absolute atomic E-state index is 0.0245. The van der Waals surface area contributed by atoms with Crippen LogP contribution in [0.1, 0.15) is 0 Å². The topological polar surface area (TPSA) is 57.8 Å². The number of halogens is 1. The molecular formula is C10H10ClN3OS. The Bertz CT molecular complexity index is 526. The van der Waals surface area contributed by atoms with Crippen LogP contribution >= 0.6 is 23.4 Å². The molecule has 0 fully saturated rings. The third-order valence-corrected chi connectivity index (χ3v) is 3.15. The number of fused-ring (bicyclic) bond motifs is 1. The molecule has 16 heavy (non-hydrogen) atoms. The van der Waals surface area contributed by atoms with Crippen molar-refractivity contribution in [2.75, 3.05) is 12.8 Å². The Balaban J connectivity index is 2.16. The van der Waals surface area contributed by atoms with E-state index in [0.29, 0.717) is 10.8 Å². The van der Waals surface area contributed by atoms with E-state index < -0.39 is 0 Å². The molecule has 0 saturated heterocycles. The molecule has 1 aromatic heterocycles. The molecule has 0 spiro atoms. The highest BCUT2D eigenvalue weighted by Gasteiger charge is 2.05. The fraction of sp³-hybridized carbons (Fsp3) is 0.200. The number of hydrogen-bond donors (Lipinski definition) is 2. The largest absolute Gasteiger partial charge is 0.358 e. The van der Waals surface area contributed by atoms with Crippen molar-refractivity contribution in [1.82, 2.24) is 15.3 Å². The van der Waals surface area contributed by atoms with Crippen LogP contribution in [0.2, 0.25) is 5.02 Å². The van der Waals surface area contributed by atoms with Gasteiger partial charge in [-0.15, -0.1) is 0 Å². The number of hydrogen-bond acceptors (Lipinski definition) is 3. The maximum atomic E-state index is 11.1. The Morgan fingerprint density at radius 2 is 2.44 bits per heavy atom. The maximum absolute atomic E-state index is 11.1. The highest BCUT2D eigenvalue weighted by atomic mass is 35.5. The average molecular weight is 256 g/mol. The lowest BCUT2D eigenvalue weighted by Gasteiger charge is -1.95. The number of aromatic amines is 1. The molecule has 0 aliphatic rings. The molecule has 1 aromatic carbocycles. The number of benzene rings is 1. The van der Waals surface area contributed by atoms with Gasteiger partial charge >= 0.3 is 0 Å². The summed E-state index contributed by atoms with van der Waals surface area (Å²) in [6, 6.07) is 5.45. The van der Waals surface area contributed by atoms with Crippen molar-refractivity contribution < 1.29 is 4.79 Å². The summed E-state index contributed by atoms with van der Waals surface area (Å²) >= 11 is 7.22. The number of H-pyrrole nitrogens is 1. The molecule has 84 valence electrons. The number of amides is 1. The van der Waals surface area contributed by atoms with Gasteiger partial charge in [-0.1, -0.05) is 23.4 Å². The van der Waals surface area contributed by atoms with Gasteiger partial charge in [0.2, 0.25) is 5.91 Å². The summed E-state index contributed by atoms with van der Waals surface area (Å²) < 4.78 is 0. The molecule has 0 radical (unpaired) electrons. The lowest BCUT2D eigenvalue weighted by molar-refractivity contribution is -0.118. The first-order chi connectivity index (χ1) is 7.69. The quantitative estimate of drug-likeness (QED) is 0.826. The van der Waals surface area contributed by atoms with E-state index in [9.17, 15) is 4.79 Å². The highest BCUT2D eigenvalue weighted by molar-refractivity contribution is 7.99. The molecule has 0 bridgehead atoms. The zero-order chi connectivity index (χ0) is 11.5.